The van der Waals surface area contributed by atoms with E-state index in [0.717, 1.165) is 48.6 Å². The summed E-state index contributed by atoms with van der Waals surface area (Å²) in [6.07, 6.45) is 3.28. The zero-order chi connectivity index (χ0) is 24.7. The molecule has 2 N–H and O–H groups in total. The molecule has 1 amide bonds. The number of rotatable bonds is 7. The Morgan fingerprint density at radius 3 is 2.60 bits per heavy atom. The molecule has 0 spiro atoms. The van der Waals surface area contributed by atoms with Gasteiger partial charge < -0.3 is 15.4 Å². The van der Waals surface area contributed by atoms with Gasteiger partial charge >= 0.3 is 0 Å². The molecule has 35 heavy (non-hydrogen) atoms. The van der Waals surface area contributed by atoms with E-state index in [4.69, 9.17) is 4.74 Å². The number of nitrogens with one attached hydrogen (secondary N) is 2. The average Bonchev–Trinajstić information content (AvgIpc) is 3.56. The Hall–Kier alpha value is -2.88. The number of carbonyl (C=O) groups is 1. The molecule has 1 atom stereocenters. The Morgan fingerprint density at radius 1 is 1.11 bits per heavy atom. The topological polar surface area (TPSA) is 91.0 Å². The van der Waals surface area contributed by atoms with Crippen molar-refractivity contribution in [3.05, 3.63) is 53.1 Å². The van der Waals surface area contributed by atoms with Gasteiger partial charge in [0, 0.05) is 37.6 Å². The molecule has 8 nitrogen and oxygen atoms in total. The van der Waals surface area contributed by atoms with E-state index in [2.05, 4.69) is 21.6 Å². The van der Waals surface area contributed by atoms with Gasteiger partial charge in [0.15, 0.2) is 0 Å². The van der Waals surface area contributed by atoms with Gasteiger partial charge in [-0.1, -0.05) is 0 Å². The summed E-state index contributed by atoms with van der Waals surface area (Å²) in [5, 5.41) is 6.40. The minimum atomic E-state index is -3.61. The van der Waals surface area contributed by atoms with Crippen LogP contribution in [0.1, 0.15) is 30.9 Å². The number of likely N-dealkylation sites (tertiary alicyclic amines) is 1. The van der Waals surface area contributed by atoms with E-state index < -0.39 is 10.0 Å². The Labute approximate surface area is 207 Å². The standard InChI is InChI=1S/C26H32N4O4S/c1-17(25-21-16-20(35(32,33)29(2)3)7-9-23(21)28-26(25)31)24-15-18-14-19(6-8-22(18)27-24)34-13-12-30-10-4-5-11-30/h6-9,14,16,24,27H,4-5,10-13,15H2,1-3H3,(H,28,31)/b25-17-. The minimum absolute atomic E-state index is 0.0642. The molecule has 3 aliphatic heterocycles. The first-order valence-electron chi connectivity index (χ1n) is 12.1. The number of carbonyl (C=O) groups excluding carboxylic acids is 1. The van der Waals surface area contributed by atoms with Crippen molar-refractivity contribution in [2.24, 2.45) is 0 Å². The zero-order valence-electron chi connectivity index (χ0n) is 20.4. The van der Waals surface area contributed by atoms with Crippen LogP contribution >= 0.6 is 0 Å². The molecule has 0 aromatic heterocycles. The second-order valence-corrected chi connectivity index (χ2v) is 11.8. The van der Waals surface area contributed by atoms with Crippen LogP contribution in [0, 0.1) is 0 Å². The third-order valence-electron chi connectivity index (χ3n) is 7.14. The van der Waals surface area contributed by atoms with Crippen molar-refractivity contribution < 1.29 is 17.9 Å². The quantitative estimate of drug-likeness (QED) is 0.573. The SMILES string of the molecule is C/C(=C1/C(=O)Nc2ccc(S(=O)(=O)N(C)C)cc21)C1Cc2cc(OCCN3CCCC3)ccc2N1. The molecule has 0 saturated carbocycles. The van der Waals surface area contributed by atoms with Crippen LogP contribution in [0.15, 0.2) is 46.9 Å². The van der Waals surface area contributed by atoms with E-state index in [9.17, 15) is 13.2 Å². The molecule has 0 aliphatic carbocycles. The van der Waals surface area contributed by atoms with Gasteiger partial charge in [0.05, 0.1) is 16.5 Å². The summed E-state index contributed by atoms with van der Waals surface area (Å²) >= 11 is 0. The van der Waals surface area contributed by atoms with Crippen molar-refractivity contribution in [1.29, 1.82) is 0 Å². The lowest BCUT2D eigenvalue weighted by Gasteiger charge is -2.16. The van der Waals surface area contributed by atoms with Gasteiger partial charge in [0.2, 0.25) is 10.0 Å². The molecule has 186 valence electrons. The van der Waals surface area contributed by atoms with Crippen molar-refractivity contribution in [2.45, 2.75) is 37.1 Å². The van der Waals surface area contributed by atoms with E-state index in [1.165, 1.54) is 37.3 Å². The molecule has 1 unspecified atom stereocenters. The number of hydrogen-bond donors (Lipinski definition) is 2. The summed E-state index contributed by atoms with van der Waals surface area (Å²) in [4.78, 5) is 15.5. The summed E-state index contributed by atoms with van der Waals surface area (Å²) in [6.45, 7) is 5.88. The maximum Gasteiger partial charge on any atom is 0.256 e. The molecule has 2 aromatic carbocycles. The summed E-state index contributed by atoms with van der Waals surface area (Å²) in [5.41, 5.74) is 4.85. The highest BCUT2D eigenvalue weighted by atomic mass is 32.2. The molecule has 3 aliphatic rings. The molecule has 3 heterocycles. The normalized spacial score (nSPS) is 21.0. The highest BCUT2D eigenvalue weighted by Crippen LogP contribution is 2.39. The van der Waals surface area contributed by atoms with Gasteiger partial charge in [-0.2, -0.15) is 0 Å². The molecule has 5 rings (SSSR count). The summed E-state index contributed by atoms with van der Waals surface area (Å²) in [6, 6.07) is 10.8. The number of hydrogen-bond acceptors (Lipinski definition) is 6. The lowest BCUT2D eigenvalue weighted by atomic mass is 9.95. The molecule has 0 bridgehead atoms. The smallest absolute Gasteiger partial charge is 0.256 e. The predicted octanol–water partition coefficient (Wildman–Crippen LogP) is 3.17. The van der Waals surface area contributed by atoms with E-state index >= 15 is 0 Å². The number of sulfonamides is 1. The molecule has 0 radical (unpaired) electrons. The lowest BCUT2D eigenvalue weighted by molar-refractivity contribution is -0.110. The van der Waals surface area contributed by atoms with E-state index in [-0.39, 0.29) is 16.8 Å². The maximum absolute atomic E-state index is 12.9. The van der Waals surface area contributed by atoms with Crippen molar-refractivity contribution in [2.75, 3.05) is 51.0 Å². The Bertz CT molecular complexity index is 1300. The van der Waals surface area contributed by atoms with Crippen LogP contribution in [-0.4, -0.2) is 69.9 Å². The Kier molecular flexibility index (Phi) is 6.33. The molecule has 1 saturated heterocycles. The van der Waals surface area contributed by atoms with Crippen molar-refractivity contribution in [1.82, 2.24) is 9.21 Å². The highest BCUT2D eigenvalue weighted by Gasteiger charge is 2.32. The largest absolute Gasteiger partial charge is 0.492 e. The Morgan fingerprint density at radius 2 is 1.86 bits per heavy atom. The summed E-state index contributed by atoms with van der Waals surface area (Å²) in [5.74, 6) is 0.652. The van der Waals surface area contributed by atoms with Crippen molar-refractivity contribution in [3.8, 4) is 5.75 Å². The van der Waals surface area contributed by atoms with E-state index in [0.29, 0.717) is 23.4 Å². The third kappa shape index (κ3) is 4.55. The highest BCUT2D eigenvalue weighted by molar-refractivity contribution is 7.89. The van der Waals surface area contributed by atoms with Gasteiger partial charge in [-0.15, -0.1) is 0 Å². The van der Waals surface area contributed by atoms with Gasteiger partial charge in [-0.05, 0) is 86.8 Å². The predicted molar refractivity (Wildman–Crippen MR) is 137 cm³/mol. The van der Waals surface area contributed by atoms with Gasteiger partial charge in [-0.25, -0.2) is 12.7 Å². The van der Waals surface area contributed by atoms with Crippen molar-refractivity contribution in [3.63, 3.8) is 0 Å². The first kappa shape index (κ1) is 23.8. The number of fused-ring (bicyclic) bond motifs is 2. The maximum atomic E-state index is 12.9. The van der Waals surface area contributed by atoms with Crippen molar-refractivity contribution >= 4 is 32.9 Å². The zero-order valence-corrected chi connectivity index (χ0v) is 21.2. The van der Waals surface area contributed by atoms with E-state index in [1.54, 1.807) is 12.1 Å². The van der Waals surface area contributed by atoms with Crippen LogP contribution in [0.2, 0.25) is 0 Å². The fourth-order valence-corrected chi connectivity index (χ4v) is 6.00. The molecule has 9 heteroatoms. The number of nitrogens with zero attached hydrogens (tertiary/aromatic N) is 2. The van der Waals surface area contributed by atoms with Gasteiger partial charge in [0.1, 0.15) is 12.4 Å². The number of anilines is 2. The van der Waals surface area contributed by atoms with Crippen LogP contribution in [0.4, 0.5) is 11.4 Å². The third-order valence-corrected chi connectivity index (χ3v) is 8.95. The van der Waals surface area contributed by atoms with Crippen LogP contribution in [0.25, 0.3) is 5.57 Å². The van der Waals surface area contributed by atoms with Crippen LogP contribution in [0.5, 0.6) is 5.75 Å². The summed E-state index contributed by atoms with van der Waals surface area (Å²) in [7, 11) is -0.611. The molecular weight excluding hydrogens is 464 g/mol. The monoisotopic (exact) mass is 496 g/mol. The molecule has 1 fully saturated rings. The first-order chi connectivity index (χ1) is 16.7. The second-order valence-electron chi connectivity index (χ2n) is 9.62. The number of amides is 1. The molecule has 2 aromatic rings. The minimum Gasteiger partial charge on any atom is -0.492 e. The Balaban J connectivity index is 1.35. The fourth-order valence-electron chi connectivity index (χ4n) is 5.07. The lowest BCUT2D eigenvalue weighted by Crippen LogP contribution is -2.25. The average molecular weight is 497 g/mol. The summed E-state index contributed by atoms with van der Waals surface area (Å²) < 4.78 is 32.5. The molecular formula is C26H32N4O4S. The van der Waals surface area contributed by atoms with Crippen LogP contribution in [-0.2, 0) is 21.2 Å². The second kappa shape index (κ2) is 9.29. The fraction of sp³-hybridized carbons (Fsp3) is 0.423. The van der Waals surface area contributed by atoms with Crippen LogP contribution < -0.4 is 15.4 Å². The number of benzene rings is 2. The van der Waals surface area contributed by atoms with Crippen LogP contribution in [0.3, 0.4) is 0 Å². The first-order valence-corrected chi connectivity index (χ1v) is 13.5. The van der Waals surface area contributed by atoms with E-state index in [1.807, 2.05) is 19.1 Å². The van der Waals surface area contributed by atoms with Gasteiger partial charge in [-0.3, -0.25) is 9.69 Å². The number of ether oxygens (including phenoxy) is 1. The van der Waals surface area contributed by atoms with Gasteiger partial charge in [0.25, 0.3) is 5.91 Å².